The van der Waals surface area contributed by atoms with Gasteiger partial charge in [-0.25, -0.2) is 9.18 Å². The minimum Gasteiger partial charge on any atom is -0.377 e. The van der Waals surface area contributed by atoms with Crippen LogP contribution in [-0.2, 0) is 11.8 Å². The van der Waals surface area contributed by atoms with Crippen LogP contribution in [0.1, 0.15) is 24.3 Å². The number of carbonyl (C=O) groups is 1. The summed E-state index contributed by atoms with van der Waals surface area (Å²) < 4.78 is 23.9. The number of hydrogen-bond acceptors (Lipinski definition) is 5. The van der Waals surface area contributed by atoms with Crippen molar-refractivity contribution in [3.63, 3.8) is 0 Å². The number of carbonyl (C=O) groups excluding carboxylic acids is 1. The van der Waals surface area contributed by atoms with E-state index >= 15 is 4.39 Å². The van der Waals surface area contributed by atoms with Gasteiger partial charge in [0, 0.05) is 57.2 Å². The number of ether oxygens (including phenoxy) is 1. The van der Waals surface area contributed by atoms with E-state index in [4.69, 9.17) is 4.74 Å². The Labute approximate surface area is 176 Å². The molecule has 1 aromatic heterocycles. The first-order valence-corrected chi connectivity index (χ1v) is 11.3. The Hall–Kier alpha value is -1.71. The number of rotatable bonds is 1. The smallest absolute Gasteiger partial charge is 0.320 e. The van der Waals surface area contributed by atoms with E-state index in [0.717, 1.165) is 25.1 Å². The summed E-state index contributed by atoms with van der Waals surface area (Å²) in [6, 6.07) is 0.430. The van der Waals surface area contributed by atoms with E-state index in [0.29, 0.717) is 19.6 Å². The Morgan fingerprint density at radius 3 is 2.93 bits per heavy atom. The summed E-state index contributed by atoms with van der Waals surface area (Å²) in [5.41, 5.74) is 0.905. The van der Waals surface area contributed by atoms with Crippen LogP contribution in [0, 0.1) is 11.8 Å². The van der Waals surface area contributed by atoms with Gasteiger partial charge in [0.15, 0.2) is 0 Å². The minimum absolute atomic E-state index is 0.0223. The zero-order valence-corrected chi connectivity index (χ0v) is 17.6. The van der Waals surface area contributed by atoms with Gasteiger partial charge in [-0.3, -0.25) is 4.68 Å². The fourth-order valence-electron chi connectivity index (χ4n) is 6.95. The number of hydrogen-bond donors (Lipinski definition) is 2. The Bertz CT molecular complexity index is 834. The molecule has 0 aromatic carbocycles. The van der Waals surface area contributed by atoms with E-state index in [2.05, 4.69) is 20.6 Å². The van der Waals surface area contributed by atoms with Gasteiger partial charge >= 0.3 is 6.03 Å². The molecule has 4 saturated heterocycles. The number of amides is 2. The normalized spacial score (nSPS) is 45.6. The van der Waals surface area contributed by atoms with Crippen LogP contribution in [0.25, 0.3) is 0 Å². The molecule has 6 rings (SSSR count). The Balaban J connectivity index is 1.45. The van der Waals surface area contributed by atoms with Crippen molar-refractivity contribution in [3.8, 4) is 0 Å². The van der Waals surface area contributed by atoms with Crippen molar-refractivity contribution >= 4 is 6.03 Å². The molecule has 164 valence electrons. The molecule has 2 amide bonds. The lowest BCUT2D eigenvalue weighted by molar-refractivity contribution is -0.132. The number of aromatic nitrogens is 2. The van der Waals surface area contributed by atoms with Crippen LogP contribution < -0.4 is 10.6 Å². The van der Waals surface area contributed by atoms with Crippen molar-refractivity contribution in [3.05, 3.63) is 18.0 Å². The van der Waals surface area contributed by atoms with Gasteiger partial charge in [0.1, 0.15) is 6.17 Å². The van der Waals surface area contributed by atoms with Gasteiger partial charge in [-0.05, 0) is 24.9 Å². The molecule has 0 radical (unpaired) electrons. The van der Waals surface area contributed by atoms with Gasteiger partial charge in [0.2, 0.25) is 0 Å². The summed E-state index contributed by atoms with van der Waals surface area (Å²) in [5, 5.41) is 11.4. The van der Waals surface area contributed by atoms with Crippen molar-refractivity contribution in [2.75, 3.05) is 33.3 Å². The molecule has 9 unspecified atom stereocenters. The van der Waals surface area contributed by atoms with Gasteiger partial charge in [-0.2, -0.15) is 5.10 Å². The highest BCUT2D eigenvalue weighted by molar-refractivity contribution is 5.78. The topological polar surface area (TPSA) is 74.7 Å². The van der Waals surface area contributed by atoms with Crippen molar-refractivity contribution < 1.29 is 13.9 Å². The van der Waals surface area contributed by atoms with Gasteiger partial charge < -0.3 is 25.2 Å². The van der Waals surface area contributed by atoms with Gasteiger partial charge in [0.25, 0.3) is 0 Å². The Kier molecular flexibility index (Phi) is 4.37. The number of nitrogens with zero attached hydrogens (tertiary/aromatic N) is 4. The van der Waals surface area contributed by atoms with Crippen molar-refractivity contribution in [1.82, 2.24) is 30.2 Å². The average Bonchev–Trinajstić information content (AvgIpc) is 3.26. The molecule has 5 heterocycles. The molecule has 9 atom stereocenters. The molecule has 1 saturated carbocycles. The molecule has 5 aliphatic rings. The second kappa shape index (κ2) is 6.90. The maximum Gasteiger partial charge on any atom is 0.320 e. The zero-order chi connectivity index (χ0) is 20.6. The summed E-state index contributed by atoms with van der Waals surface area (Å²) in [4.78, 5) is 17.5. The van der Waals surface area contributed by atoms with Crippen LogP contribution in [-0.4, -0.2) is 95.3 Å². The number of piperidine rings is 2. The van der Waals surface area contributed by atoms with Crippen LogP contribution in [0.3, 0.4) is 0 Å². The van der Waals surface area contributed by atoms with E-state index in [1.54, 1.807) is 10.9 Å². The molecular formula is C21H31FN6O2. The van der Waals surface area contributed by atoms with E-state index in [9.17, 15) is 4.79 Å². The fourth-order valence-corrected chi connectivity index (χ4v) is 6.95. The molecule has 1 aromatic rings. The third-order valence-electron chi connectivity index (χ3n) is 8.35. The average molecular weight is 419 g/mol. The molecule has 8 nitrogen and oxygen atoms in total. The summed E-state index contributed by atoms with van der Waals surface area (Å²) in [6.07, 6.45) is 3.88. The molecule has 0 spiro atoms. The number of alkyl halides is 1. The Morgan fingerprint density at radius 1 is 1.27 bits per heavy atom. The van der Waals surface area contributed by atoms with Crippen molar-refractivity contribution in [2.24, 2.45) is 18.9 Å². The standard InChI is InChI=1S/C21H31FN6O2/c1-26-9-12(6-25-26)17-13(22)5-14-18-19-16(8-24-14)27(2)21(29)28(19)15-7-23-4-3-11(15)10-30-20(17)18/h6,9,11,13-20,23-24H,3-5,7-8,10H2,1-2H3. The zero-order valence-electron chi connectivity index (χ0n) is 17.6. The molecule has 5 fully saturated rings. The first kappa shape index (κ1) is 19.0. The van der Waals surface area contributed by atoms with Gasteiger partial charge in [-0.15, -0.1) is 0 Å². The number of likely N-dealkylation sites (N-methyl/N-ethyl adjacent to an activating group) is 1. The maximum absolute atomic E-state index is 15.6. The third-order valence-corrected chi connectivity index (χ3v) is 8.35. The predicted molar refractivity (Wildman–Crippen MR) is 108 cm³/mol. The third kappa shape index (κ3) is 2.61. The molecule has 9 heteroatoms. The van der Waals surface area contributed by atoms with Gasteiger partial charge in [-0.1, -0.05) is 0 Å². The number of nitrogens with one attached hydrogen (secondary N) is 2. The quantitative estimate of drug-likeness (QED) is 0.687. The van der Waals surface area contributed by atoms with Crippen molar-refractivity contribution in [2.45, 2.75) is 55.2 Å². The summed E-state index contributed by atoms with van der Waals surface area (Å²) in [7, 11) is 3.78. The molecule has 0 bridgehead atoms. The number of halogens is 1. The van der Waals surface area contributed by atoms with E-state index in [1.165, 1.54) is 0 Å². The highest BCUT2D eigenvalue weighted by Gasteiger charge is 2.61. The monoisotopic (exact) mass is 418 g/mol. The Morgan fingerprint density at radius 2 is 2.13 bits per heavy atom. The lowest BCUT2D eigenvalue weighted by atomic mass is 9.65. The maximum atomic E-state index is 15.6. The summed E-state index contributed by atoms with van der Waals surface area (Å²) in [5.74, 6) is 0.00512. The second-order valence-corrected chi connectivity index (χ2v) is 9.79. The van der Waals surface area contributed by atoms with Crippen molar-refractivity contribution in [1.29, 1.82) is 0 Å². The molecule has 30 heavy (non-hydrogen) atoms. The minimum atomic E-state index is -0.990. The number of aryl methyl sites for hydroxylation is 1. The number of urea groups is 1. The van der Waals surface area contributed by atoms with E-state index in [-0.39, 0.29) is 54.1 Å². The van der Waals surface area contributed by atoms with Crippen LogP contribution in [0.15, 0.2) is 12.4 Å². The largest absolute Gasteiger partial charge is 0.377 e. The van der Waals surface area contributed by atoms with Crippen LogP contribution in [0.2, 0.25) is 0 Å². The predicted octanol–water partition coefficient (Wildman–Crippen LogP) is 0.315. The first-order valence-electron chi connectivity index (χ1n) is 11.3. The molecule has 2 N–H and O–H groups in total. The molecule has 1 aliphatic carbocycles. The SMILES string of the molecule is CN1C(=O)N2C3CNCCC3COC3C(c4cnn(C)c4)C(F)CC4NCC1C2C43. The summed E-state index contributed by atoms with van der Waals surface area (Å²) in [6.45, 7) is 3.04. The van der Waals surface area contributed by atoms with Crippen LogP contribution in [0.4, 0.5) is 9.18 Å². The number of fused-ring (bicyclic) bond motifs is 2. The van der Waals surface area contributed by atoms with Crippen LogP contribution in [0.5, 0.6) is 0 Å². The molecular weight excluding hydrogens is 387 g/mol. The summed E-state index contributed by atoms with van der Waals surface area (Å²) >= 11 is 0. The first-order chi connectivity index (χ1) is 14.5. The van der Waals surface area contributed by atoms with E-state index < -0.39 is 6.17 Å². The van der Waals surface area contributed by atoms with E-state index in [1.807, 2.05) is 25.2 Å². The highest BCUT2D eigenvalue weighted by atomic mass is 19.1. The fraction of sp³-hybridized carbons (Fsp3) is 0.810. The molecule has 4 aliphatic heterocycles. The van der Waals surface area contributed by atoms with Gasteiger partial charge in [0.05, 0.1) is 37.0 Å². The van der Waals surface area contributed by atoms with Crippen LogP contribution >= 0.6 is 0 Å². The second-order valence-electron chi connectivity index (χ2n) is 9.79. The highest BCUT2D eigenvalue weighted by Crippen LogP contribution is 2.49. The lowest BCUT2D eigenvalue weighted by Gasteiger charge is -2.55. The lowest BCUT2D eigenvalue weighted by Crippen LogP contribution is -2.70.